The fraction of sp³-hybridized carbons (Fsp3) is 0.250. The third-order valence-corrected chi connectivity index (χ3v) is 1.72. The summed E-state index contributed by atoms with van der Waals surface area (Å²) >= 11 is 5.63. The average Bonchev–Trinajstić information content (AvgIpc) is 1.84. The van der Waals surface area contributed by atoms with Crippen molar-refractivity contribution in [2.24, 2.45) is 0 Å². The zero-order chi connectivity index (χ0) is 8.31. The summed E-state index contributed by atoms with van der Waals surface area (Å²) in [6.45, 7) is 10.6. The first kappa shape index (κ1) is 9.31. The van der Waals surface area contributed by atoms with Crippen LogP contribution in [0.4, 0.5) is 0 Å². The van der Waals surface area contributed by atoms with Gasteiger partial charge in [-0.25, -0.2) is 0 Å². The van der Waals surface area contributed by atoms with Crippen LogP contribution in [0.5, 0.6) is 0 Å². The van der Waals surface area contributed by atoms with Crippen LogP contribution >= 0.6 is 11.6 Å². The van der Waals surface area contributed by atoms with Gasteiger partial charge in [-0.1, -0.05) is 30.3 Å². The van der Waals surface area contributed by atoms with Crippen molar-refractivity contribution < 1.29 is 5.11 Å². The number of halogens is 1. The number of allylic oxidation sites excluding steroid dienone is 3. The average molecular weight is 159 g/mol. The third-order valence-electron chi connectivity index (χ3n) is 1.22. The summed E-state index contributed by atoms with van der Waals surface area (Å²) in [7, 11) is 0. The van der Waals surface area contributed by atoms with Crippen molar-refractivity contribution in [2.45, 2.75) is 13.8 Å². The van der Waals surface area contributed by atoms with E-state index >= 15 is 0 Å². The van der Waals surface area contributed by atoms with Gasteiger partial charge >= 0.3 is 0 Å². The highest BCUT2D eigenvalue weighted by molar-refractivity contribution is 6.32. The van der Waals surface area contributed by atoms with E-state index in [1.54, 1.807) is 6.92 Å². The lowest BCUT2D eigenvalue weighted by molar-refractivity contribution is 0.431. The van der Waals surface area contributed by atoms with Crippen molar-refractivity contribution in [1.82, 2.24) is 0 Å². The van der Waals surface area contributed by atoms with Crippen LogP contribution < -0.4 is 0 Å². The molecule has 0 aliphatic carbocycles. The molecule has 0 amide bonds. The van der Waals surface area contributed by atoms with Crippen LogP contribution in [0.3, 0.4) is 0 Å². The Morgan fingerprint density at radius 2 is 1.70 bits per heavy atom. The number of rotatable bonds is 2. The molecule has 0 fully saturated rings. The Kier molecular flexibility index (Phi) is 3.23. The summed E-state index contributed by atoms with van der Waals surface area (Å²) in [5.74, 6) is -0.109. The van der Waals surface area contributed by atoms with Gasteiger partial charge in [0.1, 0.15) is 5.76 Å². The second kappa shape index (κ2) is 3.47. The largest absolute Gasteiger partial charge is 0.507 e. The van der Waals surface area contributed by atoms with Gasteiger partial charge in [0.25, 0.3) is 0 Å². The standard InChI is InChI=1S/C8H11ClO/c1-5(2)6(3)8(9)7(4)10/h10H,1,4H2,2-3H3/b8-6+. The van der Waals surface area contributed by atoms with Crippen LogP contribution in [0.15, 0.2) is 35.1 Å². The Morgan fingerprint density at radius 1 is 1.30 bits per heavy atom. The summed E-state index contributed by atoms with van der Waals surface area (Å²) in [6, 6.07) is 0. The van der Waals surface area contributed by atoms with Gasteiger partial charge in [-0.2, -0.15) is 0 Å². The maximum Gasteiger partial charge on any atom is 0.127 e. The zero-order valence-corrected chi connectivity index (χ0v) is 7.00. The lowest BCUT2D eigenvalue weighted by atomic mass is 10.1. The molecule has 0 saturated heterocycles. The van der Waals surface area contributed by atoms with Crippen molar-refractivity contribution in [3.05, 3.63) is 35.1 Å². The van der Waals surface area contributed by atoms with Crippen LogP contribution in [-0.2, 0) is 0 Å². The Morgan fingerprint density at radius 3 is 1.80 bits per heavy atom. The van der Waals surface area contributed by atoms with Crippen molar-refractivity contribution in [2.75, 3.05) is 0 Å². The van der Waals surface area contributed by atoms with Crippen molar-refractivity contribution >= 4 is 11.6 Å². The molecule has 0 aliphatic rings. The molecule has 0 rings (SSSR count). The second-order valence-electron chi connectivity index (χ2n) is 2.17. The van der Waals surface area contributed by atoms with Gasteiger partial charge in [0.15, 0.2) is 0 Å². The summed E-state index contributed by atoms with van der Waals surface area (Å²) in [4.78, 5) is 0. The molecule has 0 radical (unpaired) electrons. The van der Waals surface area contributed by atoms with Crippen LogP contribution in [-0.4, -0.2) is 5.11 Å². The maximum atomic E-state index is 8.81. The molecule has 0 saturated carbocycles. The molecular weight excluding hydrogens is 148 g/mol. The van der Waals surface area contributed by atoms with E-state index in [4.69, 9.17) is 16.7 Å². The predicted molar refractivity (Wildman–Crippen MR) is 45.1 cm³/mol. The van der Waals surface area contributed by atoms with E-state index in [-0.39, 0.29) is 10.8 Å². The van der Waals surface area contributed by atoms with E-state index in [1.165, 1.54) is 0 Å². The minimum atomic E-state index is -0.109. The van der Waals surface area contributed by atoms with Crippen LogP contribution in [0, 0.1) is 0 Å². The van der Waals surface area contributed by atoms with E-state index in [9.17, 15) is 0 Å². The molecule has 1 nitrogen and oxygen atoms in total. The Bertz CT molecular complexity index is 179. The van der Waals surface area contributed by atoms with Crippen molar-refractivity contribution in [3.8, 4) is 0 Å². The molecule has 0 atom stereocenters. The smallest absolute Gasteiger partial charge is 0.127 e. The zero-order valence-electron chi connectivity index (χ0n) is 6.24. The maximum absolute atomic E-state index is 8.81. The Hall–Kier alpha value is -0.690. The lowest BCUT2D eigenvalue weighted by Gasteiger charge is -2.02. The fourth-order valence-corrected chi connectivity index (χ4v) is 0.565. The topological polar surface area (TPSA) is 20.2 Å². The predicted octanol–water partition coefficient (Wildman–Crippen LogP) is 3.15. The highest BCUT2D eigenvalue weighted by atomic mass is 35.5. The van der Waals surface area contributed by atoms with Crippen molar-refractivity contribution in [3.63, 3.8) is 0 Å². The van der Waals surface area contributed by atoms with Gasteiger partial charge in [0.05, 0.1) is 5.03 Å². The number of aliphatic hydroxyl groups excluding tert-OH is 1. The molecule has 0 heterocycles. The minimum absolute atomic E-state index is 0.109. The minimum Gasteiger partial charge on any atom is -0.507 e. The molecule has 0 aliphatic heterocycles. The normalized spacial score (nSPS) is 12.3. The van der Waals surface area contributed by atoms with E-state index in [1.807, 2.05) is 6.92 Å². The van der Waals surface area contributed by atoms with Gasteiger partial charge in [0.2, 0.25) is 0 Å². The van der Waals surface area contributed by atoms with Gasteiger partial charge < -0.3 is 5.11 Å². The van der Waals surface area contributed by atoms with Gasteiger partial charge in [-0.3, -0.25) is 0 Å². The molecule has 0 bridgehead atoms. The van der Waals surface area contributed by atoms with Crippen LogP contribution in [0.25, 0.3) is 0 Å². The second-order valence-corrected chi connectivity index (χ2v) is 2.54. The highest BCUT2D eigenvalue weighted by Gasteiger charge is 2.01. The number of aliphatic hydroxyl groups is 1. The molecule has 1 N–H and O–H groups in total. The van der Waals surface area contributed by atoms with Gasteiger partial charge in [-0.15, -0.1) is 0 Å². The summed E-state index contributed by atoms with van der Waals surface area (Å²) in [6.07, 6.45) is 0. The molecule has 0 unspecified atom stereocenters. The monoisotopic (exact) mass is 158 g/mol. The van der Waals surface area contributed by atoms with Crippen LogP contribution in [0.1, 0.15) is 13.8 Å². The van der Waals surface area contributed by atoms with E-state index in [2.05, 4.69) is 13.2 Å². The molecule has 0 aromatic heterocycles. The third kappa shape index (κ3) is 2.28. The Labute approximate surface area is 66.3 Å². The molecule has 0 spiro atoms. The van der Waals surface area contributed by atoms with Crippen molar-refractivity contribution in [1.29, 1.82) is 0 Å². The quantitative estimate of drug-likeness (QED) is 0.484. The SMILES string of the molecule is C=C(C)/C(C)=C(/Cl)C(=C)O. The molecular formula is C8H11ClO. The fourth-order valence-electron chi connectivity index (χ4n) is 0.404. The van der Waals surface area contributed by atoms with Gasteiger partial charge in [-0.05, 0) is 19.4 Å². The Balaban J connectivity index is 4.67. The van der Waals surface area contributed by atoms with E-state index < -0.39 is 0 Å². The first-order valence-electron chi connectivity index (χ1n) is 2.87. The van der Waals surface area contributed by atoms with Gasteiger partial charge in [0, 0.05) is 0 Å². The molecule has 0 aromatic carbocycles. The summed E-state index contributed by atoms with van der Waals surface area (Å²) in [5, 5.41) is 9.10. The first-order valence-corrected chi connectivity index (χ1v) is 3.25. The lowest BCUT2D eigenvalue weighted by Crippen LogP contribution is -1.85. The summed E-state index contributed by atoms with van der Waals surface area (Å²) in [5.41, 5.74) is 1.61. The number of hydrogen-bond donors (Lipinski definition) is 1. The molecule has 2 heteroatoms. The van der Waals surface area contributed by atoms with E-state index in [0.29, 0.717) is 0 Å². The van der Waals surface area contributed by atoms with Crippen LogP contribution in [0.2, 0.25) is 0 Å². The molecule has 10 heavy (non-hydrogen) atoms. The van der Waals surface area contributed by atoms with E-state index in [0.717, 1.165) is 11.1 Å². The first-order chi connectivity index (χ1) is 4.46. The summed E-state index contributed by atoms with van der Waals surface area (Å²) < 4.78 is 0. The highest BCUT2D eigenvalue weighted by Crippen LogP contribution is 2.19. The number of hydrogen-bond acceptors (Lipinski definition) is 1. The molecule has 0 aromatic rings. The molecule has 56 valence electrons.